The Morgan fingerprint density at radius 1 is 1.03 bits per heavy atom. The summed E-state index contributed by atoms with van der Waals surface area (Å²) in [6.45, 7) is 6.18. The number of ketones is 1. The summed E-state index contributed by atoms with van der Waals surface area (Å²) in [6.07, 6.45) is 1.07. The summed E-state index contributed by atoms with van der Waals surface area (Å²) in [5.74, 6) is 0.841. The molecule has 3 rings (SSSR count). The third-order valence-corrected chi connectivity index (χ3v) is 5.49. The van der Waals surface area contributed by atoms with Gasteiger partial charge in [-0.3, -0.25) is 4.79 Å². The smallest absolute Gasteiger partial charge is 0.276 e. The number of hydrogen-bond donors (Lipinski definition) is 0. The molecule has 0 saturated carbocycles. The predicted octanol–water partition coefficient (Wildman–Crippen LogP) is 5.48. The van der Waals surface area contributed by atoms with Crippen LogP contribution >= 0.6 is 11.8 Å². The maximum absolute atomic E-state index is 12.9. The zero-order chi connectivity index (χ0) is 20.6. The number of benzene rings is 2. The molecule has 0 spiro atoms. The summed E-state index contributed by atoms with van der Waals surface area (Å²) in [4.78, 5) is 14.4. The Morgan fingerprint density at radius 2 is 1.72 bits per heavy atom. The lowest BCUT2D eigenvalue weighted by atomic mass is 10.1. The predicted molar refractivity (Wildman–Crippen MR) is 114 cm³/mol. The Balaban J connectivity index is 1.49. The first-order valence-corrected chi connectivity index (χ1v) is 10.7. The molecule has 0 aliphatic carbocycles. The highest BCUT2D eigenvalue weighted by Gasteiger charge is 2.11. The molecule has 5 nitrogen and oxygen atoms in total. The van der Waals surface area contributed by atoms with Gasteiger partial charge in [-0.15, -0.1) is 10.2 Å². The van der Waals surface area contributed by atoms with Crippen LogP contribution in [0.1, 0.15) is 37.0 Å². The topological polar surface area (TPSA) is 59.2 Å². The molecule has 152 valence electrons. The van der Waals surface area contributed by atoms with E-state index in [0.717, 1.165) is 18.7 Å². The van der Waals surface area contributed by atoms with Crippen LogP contribution in [0, 0.1) is 5.82 Å². The van der Waals surface area contributed by atoms with Gasteiger partial charge in [-0.25, -0.2) is 4.39 Å². The minimum absolute atomic E-state index is 0.00473. The summed E-state index contributed by atoms with van der Waals surface area (Å²) in [7, 11) is 0. The number of aromatic nitrogens is 2. The molecule has 1 aromatic heterocycles. The molecule has 0 unspecified atom stereocenters. The number of thioether (sulfide) groups is 1. The third kappa shape index (κ3) is 5.67. The highest BCUT2D eigenvalue weighted by molar-refractivity contribution is 7.99. The van der Waals surface area contributed by atoms with E-state index in [1.54, 1.807) is 0 Å². The fraction of sp³-hybridized carbons (Fsp3) is 0.318. The second-order valence-electron chi connectivity index (χ2n) is 6.47. The van der Waals surface area contributed by atoms with E-state index < -0.39 is 0 Å². The van der Waals surface area contributed by atoms with Crippen molar-refractivity contribution >= 4 is 23.2 Å². The van der Waals surface area contributed by atoms with Gasteiger partial charge in [0.25, 0.3) is 5.22 Å². The van der Waals surface area contributed by atoms with Gasteiger partial charge in [0.15, 0.2) is 5.78 Å². The molecular formula is C22H24FN3O2S. The summed E-state index contributed by atoms with van der Waals surface area (Å²) in [5, 5.41) is 8.68. The van der Waals surface area contributed by atoms with Crippen molar-refractivity contribution in [2.24, 2.45) is 0 Å². The van der Waals surface area contributed by atoms with Crippen LogP contribution in [0.25, 0.3) is 11.5 Å². The highest BCUT2D eigenvalue weighted by Crippen LogP contribution is 2.26. The van der Waals surface area contributed by atoms with Crippen molar-refractivity contribution in [2.75, 3.05) is 23.7 Å². The van der Waals surface area contributed by atoms with Gasteiger partial charge in [-0.05, 0) is 68.8 Å². The molecule has 0 saturated heterocycles. The van der Waals surface area contributed by atoms with E-state index in [9.17, 15) is 9.18 Å². The minimum atomic E-state index is -0.341. The van der Waals surface area contributed by atoms with E-state index in [4.69, 9.17) is 4.42 Å². The van der Waals surface area contributed by atoms with Crippen LogP contribution in [0.5, 0.6) is 0 Å². The fourth-order valence-electron chi connectivity index (χ4n) is 2.96. The first-order chi connectivity index (χ1) is 14.1. The summed E-state index contributed by atoms with van der Waals surface area (Å²) >= 11 is 1.43. The molecule has 2 aromatic carbocycles. The molecule has 0 bridgehead atoms. The molecule has 0 amide bonds. The number of nitrogens with zero attached hydrogens (tertiary/aromatic N) is 3. The molecule has 0 aliphatic rings. The maximum atomic E-state index is 12.9. The normalized spacial score (nSPS) is 10.9. The Bertz CT molecular complexity index is 922. The van der Waals surface area contributed by atoms with Crippen LogP contribution in [-0.4, -0.2) is 34.8 Å². The van der Waals surface area contributed by atoms with E-state index >= 15 is 0 Å². The van der Waals surface area contributed by atoms with E-state index in [2.05, 4.69) is 41.1 Å². The Kier molecular flexibility index (Phi) is 7.41. The van der Waals surface area contributed by atoms with Gasteiger partial charge in [0.2, 0.25) is 5.89 Å². The van der Waals surface area contributed by atoms with Crippen LogP contribution in [0.4, 0.5) is 10.1 Å². The number of carbonyl (C=O) groups excluding carboxylic acids is 1. The fourth-order valence-corrected chi connectivity index (χ4v) is 3.66. The summed E-state index contributed by atoms with van der Waals surface area (Å²) in [5.41, 5.74) is 2.58. The number of hydrogen-bond acceptors (Lipinski definition) is 6. The van der Waals surface area contributed by atoms with Gasteiger partial charge in [-0.1, -0.05) is 11.8 Å². The van der Waals surface area contributed by atoms with E-state index in [1.807, 2.05) is 12.1 Å². The Morgan fingerprint density at radius 3 is 2.38 bits per heavy atom. The van der Waals surface area contributed by atoms with Gasteiger partial charge in [0, 0.05) is 42.1 Å². The zero-order valence-corrected chi connectivity index (χ0v) is 17.4. The molecule has 0 atom stereocenters. The number of anilines is 1. The van der Waals surface area contributed by atoms with Crippen LogP contribution in [0.2, 0.25) is 0 Å². The van der Waals surface area contributed by atoms with Gasteiger partial charge < -0.3 is 9.32 Å². The molecule has 29 heavy (non-hydrogen) atoms. The number of halogens is 1. The average molecular weight is 414 g/mol. The molecule has 0 fully saturated rings. The van der Waals surface area contributed by atoms with E-state index in [0.29, 0.717) is 35.3 Å². The van der Waals surface area contributed by atoms with Crippen molar-refractivity contribution in [1.29, 1.82) is 0 Å². The lowest BCUT2D eigenvalue weighted by Gasteiger charge is -2.20. The SMILES string of the molecule is CCN(CC)c1ccc(-c2nnc(SCCCC(=O)c3ccc(F)cc3)o2)cc1. The van der Waals surface area contributed by atoms with Crippen LogP contribution in [0.15, 0.2) is 58.2 Å². The third-order valence-electron chi connectivity index (χ3n) is 4.59. The average Bonchev–Trinajstić information content (AvgIpc) is 3.22. The molecule has 0 aliphatic heterocycles. The zero-order valence-electron chi connectivity index (χ0n) is 16.6. The summed E-state index contributed by atoms with van der Waals surface area (Å²) < 4.78 is 18.6. The highest BCUT2D eigenvalue weighted by atomic mass is 32.2. The van der Waals surface area contributed by atoms with Crippen molar-refractivity contribution in [1.82, 2.24) is 10.2 Å². The largest absolute Gasteiger partial charge is 0.411 e. The van der Waals surface area contributed by atoms with E-state index in [1.165, 1.54) is 41.7 Å². The number of rotatable bonds is 10. The van der Waals surface area contributed by atoms with Gasteiger partial charge >= 0.3 is 0 Å². The lowest BCUT2D eigenvalue weighted by Crippen LogP contribution is -2.21. The second-order valence-corrected chi connectivity index (χ2v) is 7.52. The molecule has 3 aromatic rings. The summed E-state index contributed by atoms with van der Waals surface area (Å²) in [6, 6.07) is 13.7. The van der Waals surface area contributed by atoms with Crippen molar-refractivity contribution in [2.45, 2.75) is 31.9 Å². The second kappa shape index (κ2) is 10.2. The van der Waals surface area contributed by atoms with Crippen LogP contribution < -0.4 is 4.90 Å². The Labute approximate surface area is 174 Å². The molecular weight excluding hydrogens is 389 g/mol. The van der Waals surface area contributed by atoms with Crippen LogP contribution in [-0.2, 0) is 0 Å². The standard InChI is InChI=1S/C22H24FN3O2S/c1-3-26(4-2)19-13-9-17(10-14-19)21-24-25-22(28-21)29-15-5-6-20(27)16-7-11-18(23)12-8-16/h7-14H,3-6,15H2,1-2H3. The van der Waals surface area contributed by atoms with Crippen molar-refractivity contribution in [3.8, 4) is 11.5 Å². The molecule has 0 radical (unpaired) electrons. The van der Waals surface area contributed by atoms with Crippen molar-refractivity contribution < 1.29 is 13.6 Å². The number of carbonyl (C=O) groups is 1. The lowest BCUT2D eigenvalue weighted by molar-refractivity contribution is 0.0982. The first kappa shape index (κ1) is 21.0. The monoisotopic (exact) mass is 413 g/mol. The van der Waals surface area contributed by atoms with Gasteiger partial charge in [-0.2, -0.15) is 0 Å². The maximum Gasteiger partial charge on any atom is 0.276 e. The van der Waals surface area contributed by atoms with Crippen LogP contribution in [0.3, 0.4) is 0 Å². The minimum Gasteiger partial charge on any atom is -0.411 e. The Hall–Kier alpha value is -2.67. The van der Waals surface area contributed by atoms with Crippen molar-refractivity contribution in [3.05, 3.63) is 59.9 Å². The van der Waals surface area contributed by atoms with Gasteiger partial charge in [0.05, 0.1) is 0 Å². The molecule has 7 heteroatoms. The first-order valence-electron chi connectivity index (χ1n) is 9.71. The van der Waals surface area contributed by atoms with Crippen molar-refractivity contribution in [3.63, 3.8) is 0 Å². The number of Topliss-reactive ketones (excluding diaryl/α,β-unsaturated/α-hetero) is 1. The quantitative estimate of drug-likeness (QED) is 0.249. The van der Waals surface area contributed by atoms with Gasteiger partial charge in [0.1, 0.15) is 5.82 Å². The molecule has 0 N–H and O–H groups in total. The van der Waals surface area contributed by atoms with E-state index in [-0.39, 0.29) is 11.6 Å². The molecule has 1 heterocycles.